The van der Waals surface area contributed by atoms with Gasteiger partial charge in [0.2, 0.25) is 0 Å². The van der Waals surface area contributed by atoms with E-state index in [9.17, 15) is 5.11 Å². The Labute approximate surface area is 90.6 Å². The van der Waals surface area contributed by atoms with Crippen LogP contribution in [0.1, 0.15) is 27.7 Å². The SMILES string of the molecule is CCOc1ccc(O)c(OC(C)(C)C)c1. The van der Waals surface area contributed by atoms with Crippen molar-refractivity contribution in [1.29, 1.82) is 0 Å². The lowest BCUT2D eigenvalue weighted by Crippen LogP contribution is -2.23. The van der Waals surface area contributed by atoms with Gasteiger partial charge in [-0.3, -0.25) is 0 Å². The summed E-state index contributed by atoms with van der Waals surface area (Å²) >= 11 is 0. The molecule has 3 nitrogen and oxygen atoms in total. The Kier molecular flexibility index (Phi) is 3.45. The molecule has 0 amide bonds. The zero-order valence-corrected chi connectivity index (χ0v) is 9.70. The molecule has 0 heterocycles. The second-order valence-corrected chi connectivity index (χ2v) is 4.28. The Morgan fingerprint density at radius 2 is 1.93 bits per heavy atom. The molecule has 0 aliphatic heterocycles. The first kappa shape index (κ1) is 11.7. The van der Waals surface area contributed by atoms with Crippen LogP contribution in [0.3, 0.4) is 0 Å². The lowest BCUT2D eigenvalue weighted by molar-refractivity contribution is 0.125. The van der Waals surface area contributed by atoms with Crippen LogP contribution >= 0.6 is 0 Å². The highest BCUT2D eigenvalue weighted by Gasteiger charge is 2.15. The predicted octanol–water partition coefficient (Wildman–Crippen LogP) is 2.97. The molecule has 1 N–H and O–H groups in total. The minimum absolute atomic E-state index is 0.133. The average Bonchev–Trinajstić information content (AvgIpc) is 2.09. The van der Waals surface area contributed by atoms with Crippen LogP contribution in [0.2, 0.25) is 0 Å². The molecule has 0 aliphatic rings. The monoisotopic (exact) mass is 210 g/mol. The van der Waals surface area contributed by atoms with E-state index in [0.29, 0.717) is 18.1 Å². The van der Waals surface area contributed by atoms with Gasteiger partial charge >= 0.3 is 0 Å². The third-order valence-electron chi connectivity index (χ3n) is 1.66. The normalized spacial score (nSPS) is 11.2. The molecule has 1 aromatic carbocycles. The highest BCUT2D eigenvalue weighted by atomic mass is 16.5. The van der Waals surface area contributed by atoms with E-state index in [-0.39, 0.29) is 11.4 Å². The molecular weight excluding hydrogens is 192 g/mol. The van der Waals surface area contributed by atoms with E-state index in [1.165, 1.54) is 0 Å². The summed E-state index contributed by atoms with van der Waals surface area (Å²) in [6.45, 7) is 8.30. The van der Waals surface area contributed by atoms with E-state index in [1.807, 2.05) is 27.7 Å². The van der Waals surface area contributed by atoms with Crippen molar-refractivity contribution in [3.8, 4) is 17.2 Å². The number of ether oxygens (including phenoxy) is 2. The summed E-state index contributed by atoms with van der Waals surface area (Å²) in [7, 11) is 0. The largest absolute Gasteiger partial charge is 0.504 e. The molecule has 15 heavy (non-hydrogen) atoms. The second kappa shape index (κ2) is 4.43. The molecule has 0 atom stereocenters. The molecule has 1 aromatic rings. The number of benzene rings is 1. The van der Waals surface area contributed by atoms with Crippen LogP contribution in [0.15, 0.2) is 18.2 Å². The van der Waals surface area contributed by atoms with Crippen molar-refractivity contribution in [1.82, 2.24) is 0 Å². The van der Waals surface area contributed by atoms with Crippen molar-refractivity contribution in [2.24, 2.45) is 0 Å². The van der Waals surface area contributed by atoms with Crippen LogP contribution in [0, 0.1) is 0 Å². The number of hydrogen-bond acceptors (Lipinski definition) is 3. The van der Waals surface area contributed by atoms with Crippen LogP contribution in [0.25, 0.3) is 0 Å². The lowest BCUT2D eigenvalue weighted by Gasteiger charge is -2.22. The summed E-state index contributed by atoms with van der Waals surface area (Å²) in [4.78, 5) is 0. The maximum absolute atomic E-state index is 9.59. The number of hydrogen-bond donors (Lipinski definition) is 1. The van der Waals surface area contributed by atoms with Crippen molar-refractivity contribution < 1.29 is 14.6 Å². The second-order valence-electron chi connectivity index (χ2n) is 4.28. The lowest BCUT2D eigenvalue weighted by atomic mass is 10.2. The molecule has 0 aromatic heterocycles. The van der Waals surface area contributed by atoms with Crippen LogP contribution in [0.4, 0.5) is 0 Å². The fourth-order valence-electron chi connectivity index (χ4n) is 1.16. The van der Waals surface area contributed by atoms with Gasteiger partial charge in [0.25, 0.3) is 0 Å². The Hall–Kier alpha value is -1.38. The molecule has 0 unspecified atom stereocenters. The smallest absolute Gasteiger partial charge is 0.165 e. The first-order chi connectivity index (χ1) is 6.92. The zero-order valence-electron chi connectivity index (χ0n) is 9.70. The summed E-state index contributed by atoms with van der Waals surface area (Å²) in [5, 5.41) is 9.59. The highest BCUT2D eigenvalue weighted by molar-refractivity contribution is 5.44. The van der Waals surface area contributed by atoms with E-state index < -0.39 is 0 Å². The van der Waals surface area contributed by atoms with Crippen molar-refractivity contribution >= 4 is 0 Å². The molecule has 1 rings (SSSR count). The first-order valence-electron chi connectivity index (χ1n) is 5.07. The Morgan fingerprint density at radius 1 is 1.27 bits per heavy atom. The van der Waals surface area contributed by atoms with Crippen molar-refractivity contribution in [3.63, 3.8) is 0 Å². The molecule has 84 valence electrons. The van der Waals surface area contributed by atoms with Gasteiger partial charge in [-0.05, 0) is 39.8 Å². The van der Waals surface area contributed by atoms with Gasteiger partial charge in [0.05, 0.1) is 6.61 Å². The highest BCUT2D eigenvalue weighted by Crippen LogP contribution is 2.32. The molecule has 0 spiro atoms. The summed E-state index contributed by atoms with van der Waals surface area (Å²) in [5.41, 5.74) is -0.331. The Morgan fingerprint density at radius 3 is 2.47 bits per heavy atom. The fourth-order valence-corrected chi connectivity index (χ4v) is 1.16. The van der Waals surface area contributed by atoms with E-state index in [2.05, 4.69) is 0 Å². The van der Waals surface area contributed by atoms with E-state index >= 15 is 0 Å². The fraction of sp³-hybridized carbons (Fsp3) is 0.500. The number of phenols is 1. The molecule has 0 aliphatic carbocycles. The minimum Gasteiger partial charge on any atom is -0.504 e. The molecule has 0 saturated heterocycles. The van der Waals surface area contributed by atoms with Gasteiger partial charge in [0, 0.05) is 6.07 Å². The maximum Gasteiger partial charge on any atom is 0.165 e. The molecule has 0 fully saturated rings. The molecule has 0 saturated carbocycles. The van der Waals surface area contributed by atoms with Crippen LogP contribution in [0.5, 0.6) is 17.2 Å². The number of aromatic hydroxyl groups is 1. The topological polar surface area (TPSA) is 38.7 Å². The van der Waals surface area contributed by atoms with Crippen LogP contribution in [-0.4, -0.2) is 17.3 Å². The number of rotatable bonds is 3. The molecular formula is C12H18O3. The van der Waals surface area contributed by atoms with Gasteiger partial charge in [0.1, 0.15) is 11.4 Å². The first-order valence-corrected chi connectivity index (χ1v) is 5.07. The summed E-state index contributed by atoms with van der Waals surface area (Å²) in [6, 6.07) is 4.99. The average molecular weight is 210 g/mol. The third kappa shape index (κ3) is 3.70. The third-order valence-corrected chi connectivity index (χ3v) is 1.66. The number of phenolic OH excluding ortho intramolecular Hbond substituents is 1. The molecule has 3 heteroatoms. The van der Waals surface area contributed by atoms with Gasteiger partial charge in [0.15, 0.2) is 11.5 Å². The molecule has 0 bridgehead atoms. The summed E-state index contributed by atoms with van der Waals surface area (Å²) < 4.78 is 10.9. The Bertz CT molecular complexity index is 326. The summed E-state index contributed by atoms with van der Waals surface area (Å²) in [5.74, 6) is 1.29. The van der Waals surface area contributed by atoms with Crippen molar-refractivity contribution in [3.05, 3.63) is 18.2 Å². The van der Waals surface area contributed by atoms with E-state index in [1.54, 1.807) is 18.2 Å². The van der Waals surface area contributed by atoms with Gasteiger partial charge in [-0.2, -0.15) is 0 Å². The molecule has 0 radical (unpaired) electrons. The standard InChI is InChI=1S/C12H18O3/c1-5-14-9-6-7-10(13)11(8-9)15-12(2,3)4/h6-8,13H,5H2,1-4H3. The predicted molar refractivity (Wildman–Crippen MR) is 59.7 cm³/mol. The van der Waals surface area contributed by atoms with Crippen molar-refractivity contribution in [2.45, 2.75) is 33.3 Å². The maximum atomic E-state index is 9.59. The van der Waals surface area contributed by atoms with Gasteiger partial charge < -0.3 is 14.6 Å². The van der Waals surface area contributed by atoms with Gasteiger partial charge in [-0.1, -0.05) is 0 Å². The summed E-state index contributed by atoms with van der Waals surface area (Å²) in [6.07, 6.45) is 0. The van der Waals surface area contributed by atoms with Crippen LogP contribution in [-0.2, 0) is 0 Å². The van der Waals surface area contributed by atoms with Crippen LogP contribution < -0.4 is 9.47 Å². The zero-order chi connectivity index (χ0) is 11.5. The Balaban J connectivity index is 2.90. The van der Waals surface area contributed by atoms with Gasteiger partial charge in [-0.15, -0.1) is 0 Å². The van der Waals surface area contributed by atoms with E-state index in [0.717, 1.165) is 0 Å². The van der Waals surface area contributed by atoms with E-state index in [4.69, 9.17) is 9.47 Å². The quantitative estimate of drug-likeness (QED) is 0.833. The van der Waals surface area contributed by atoms with Crippen molar-refractivity contribution in [2.75, 3.05) is 6.61 Å². The van der Waals surface area contributed by atoms with Gasteiger partial charge in [-0.25, -0.2) is 0 Å². The minimum atomic E-state index is -0.331.